The van der Waals surface area contributed by atoms with E-state index in [0.717, 1.165) is 30.5 Å². The van der Waals surface area contributed by atoms with Crippen LogP contribution in [0.1, 0.15) is 12.8 Å². The Balaban J connectivity index is 1.98. The summed E-state index contributed by atoms with van der Waals surface area (Å²) in [4.78, 5) is 6.96. The van der Waals surface area contributed by atoms with Gasteiger partial charge in [0.25, 0.3) is 0 Å². The van der Waals surface area contributed by atoms with E-state index in [1.165, 1.54) is 23.6 Å². The highest BCUT2D eigenvalue weighted by Gasteiger charge is 2.21. The van der Waals surface area contributed by atoms with Crippen LogP contribution in [0.2, 0.25) is 0 Å². The number of benzene rings is 1. The number of nitrogens with zero attached hydrogens (tertiary/aromatic N) is 2. The van der Waals surface area contributed by atoms with Gasteiger partial charge in [0.2, 0.25) is 0 Å². The van der Waals surface area contributed by atoms with Gasteiger partial charge in [-0.1, -0.05) is 0 Å². The summed E-state index contributed by atoms with van der Waals surface area (Å²) in [6, 6.07) is 8.19. The Morgan fingerprint density at radius 1 is 1.40 bits per heavy atom. The molecule has 0 bridgehead atoms. The molecule has 0 amide bonds. The van der Waals surface area contributed by atoms with Gasteiger partial charge in [-0.25, -0.2) is 4.98 Å². The number of halogens is 1. The molecule has 106 valence electrons. The van der Waals surface area contributed by atoms with Crippen molar-refractivity contribution in [2.45, 2.75) is 12.8 Å². The second kappa shape index (κ2) is 5.88. The van der Waals surface area contributed by atoms with Gasteiger partial charge in [-0.05, 0) is 48.4 Å². The maximum Gasteiger partial charge on any atom is 0.136 e. The van der Waals surface area contributed by atoms with Crippen molar-refractivity contribution in [2.24, 2.45) is 5.92 Å². The second-order valence-corrected chi connectivity index (χ2v) is 5.64. The Morgan fingerprint density at radius 3 is 3.10 bits per heavy atom. The molecule has 1 saturated heterocycles. The van der Waals surface area contributed by atoms with Gasteiger partial charge in [0.15, 0.2) is 0 Å². The molecule has 0 radical (unpaired) electrons. The van der Waals surface area contributed by atoms with Crippen LogP contribution in [0, 0.1) is 5.92 Å². The molecule has 0 N–H and O–H groups in total. The Morgan fingerprint density at radius 2 is 2.30 bits per heavy atom. The number of anilines is 1. The average molecular weight is 291 g/mol. The van der Waals surface area contributed by atoms with Gasteiger partial charge in [-0.15, -0.1) is 11.6 Å². The van der Waals surface area contributed by atoms with Crippen LogP contribution in [0.25, 0.3) is 10.8 Å². The quantitative estimate of drug-likeness (QED) is 0.806. The van der Waals surface area contributed by atoms with Crippen molar-refractivity contribution >= 4 is 28.2 Å². The number of hydrogen-bond acceptors (Lipinski definition) is 3. The standard InChI is InChI=1S/C16H19ClN2O/c1-20-14-4-5-15-13(9-14)6-7-18-16(15)19-8-2-3-12(10-17)11-19/h4-7,9,12H,2-3,8,10-11H2,1H3. The molecule has 1 aliphatic rings. The molecule has 1 atom stereocenters. The van der Waals surface area contributed by atoms with Crippen molar-refractivity contribution in [2.75, 3.05) is 31.0 Å². The summed E-state index contributed by atoms with van der Waals surface area (Å²) in [6.45, 7) is 2.06. The van der Waals surface area contributed by atoms with Crippen LogP contribution in [-0.2, 0) is 0 Å². The number of alkyl halides is 1. The zero-order valence-electron chi connectivity index (χ0n) is 11.7. The third kappa shape index (κ3) is 2.55. The van der Waals surface area contributed by atoms with Crippen molar-refractivity contribution < 1.29 is 4.74 Å². The summed E-state index contributed by atoms with van der Waals surface area (Å²) >= 11 is 6.03. The monoisotopic (exact) mass is 290 g/mol. The third-order valence-corrected chi connectivity index (χ3v) is 4.42. The van der Waals surface area contributed by atoms with Gasteiger partial charge in [-0.2, -0.15) is 0 Å². The first-order valence-corrected chi connectivity index (χ1v) is 7.59. The molecular formula is C16H19ClN2O. The lowest BCUT2D eigenvalue weighted by atomic mass is 9.99. The Kier molecular flexibility index (Phi) is 3.97. The average Bonchev–Trinajstić information content (AvgIpc) is 2.53. The molecule has 4 heteroatoms. The SMILES string of the molecule is COc1ccc2c(N3CCCC(CCl)C3)nccc2c1. The van der Waals surface area contributed by atoms with Crippen LogP contribution in [0.15, 0.2) is 30.5 Å². The molecular weight excluding hydrogens is 272 g/mol. The number of aromatic nitrogens is 1. The number of rotatable bonds is 3. The summed E-state index contributed by atoms with van der Waals surface area (Å²) in [7, 11) is 1.69. The van der Waals surface area contributed by atoms with Crippen LogP contribution >= 0.6 is 11.6 Å². The number of hydrogen-bond donors (Lipinski definition) is 0. The van der Waals surface area contributed by atoms with Crippen molar-refractivity contribution in [1.82, 2.24) is 4.98 Å². The fourth-order valence-electron chi connectivity index (χ4n) is 2.90. The number of methoxy groups -OCH3 is 1. The summed E-state index contributed by atoms with van der Waals surface area (Å²) in [6.07, 6.45) is 4.28. The predicted molar refractivity (Wildman–Crippen MR) is 84.0 cm³/mol. The normalized spacial score (nSPS) is 19.3. The van der Waals surface area contributed by atoms with Crippen LogP contribution in [0.4, 0.5) is 5.82 Å². The van der Waals surface area contributed by atoms with E-state index in [1.807, 2.05) is 18.3 Å². The smallest absolute Gasteiger partial charge is 0.136 e. The molecule has 2 heterocycles. The van der Waals surface area contributed by atoms with Crippen molar-refractivity contribution in [3.8, 4) is 5.75 Å². The van der Waals surface area contributed by atoms with Gasteiger partial charge < -0.3 is 9.64 Å². The lowest BCUT2D eigenvalue weighted by molar-refractivity contribution is 0.415. The van der Waals surface area contributed by atoms with E-state index in [0.29, 0.717) is 5.92 Å². The van der Waals surface area contributed by atoms with E-state index in [1.54, 1.807) is 7.11 Å². The highest BCUT2D eigenvalue weighted by molar-refractivity contribution is 6.18. The minimum absolute atomic E-state index is 0.570. The van der Waals surface area contributed by atoms with E-state index in [2.05, 4.69) is 22.0 Å². The summed E-state index contributed by atoms with van der Waals surface area (Å²) in [5.41, 5.74) is 0. The molecule has 1 aliphatic heterocycles. The summed E-state index contributed by atoms with van der Waals surface area (Å²) in [5.74, 6) is 3.25. The molecule has 0 spiro atoms. The first kappa shape index (κ1) is 13.5. The van der Waals surface area contributed by atoms with Crippen molar-refractivity contribution in [1.29, 1.82) is 0 Å². The molecule has 1 fully saturated rings. The zero-order chi connectivity index (χ0) is 13.9. The topological polar surface area (TPSA) is 25.4 Å². The van der Waals surface area contributed by atoms with Crippen molar-refractivity contribution in [3.05, 3.63) is 30.5 Å². The molecule has 3 rings (SSSR count). The maximum atomic E-state index is 6.03. The maximum absolute atomic E-state index is 6.03. The number of pyridine rings is 1. The molecule has 1 aromatic carbocycles. The van der Waals surface area contributed by atoms with Gasteiger partial charge >= 0.3 is 0 Å². The fourth-order valence-corrected chi connectivity index (χ4v) is 3.15. The minimum Gasteiger partial charge on any atom is -0.497 e. The van der Waals surface area contributed by atoms with Gasteiger partial charge in [-0.3, -0.25) is 0 Å². The molecule has 20 heavy (non-hydrogen) atoms. The first-order valence-electron chi connectivity index (χ1n) is 7.05. The lowest BCUT2D eigenvalue weighted by Crippen LogP contribution is -2.36. The molecule has 1 aromatic heterocycles. The van der Waals surface area contributed by atoms with Crippen LogP contribution in [0.3, 0.4) is 0 Å². The van der Waals surface area contributed by atoms with Gasteiger partial charge in [0.05, 0.1) is 7.11 Å². The Bertz CT molecular complexity index is 602. The fraction of sp³-hybridized carbons (Fsp3) is 0.438. The summed E-state index contributed by atoms with van der Waals surface area (Å²) < 4.78 is 5.29. The van der Waals surface area contributed by atoms with E-state index in [9.17, 15) is 0 Å². The van der Waals surface area contributed by atoms with Crippen LogP contribution in [0.5, 0.6) is 5.75 Å². The molecule has 0 saturated carbocycles. The highest BCUT2D eigenvalue weighted by Crippen LogP contribution is 2.30. The molecule has 0 aliphatic carbocycles. The Labute approximate surface area is 124 Å². The number of piperidine rings is 1. The van der Waals surface area contributed by atoms with Gasteiger partial charge in [0, 0.05) is 30.6 Å². The minimum atomic E-state index is 0.570. The molecule has 2 aromatic rings. The Hall–Kier alpha value is -1.48. The van der Waals surface area contributed by atoms with E-state index >= 15 is 0 Å². The predicted octanol–water partition coefficient (Wildman–Crippen LogP) is 3.70. The van der Waals surface area contributed by atoms with E-state index in [4.69, 9.17) is 16.3 Å². The zero-order valence-corrected chi connectivity index (χ0v) is 12.4. The first-order chi connectivity index (χ1) is 9.81. The van der Waals surface area contributed by atoms with E-state index in [-0.39, 0.29) is 0 Å². The number of fused-ring (bicyclic) bond motifs is 1. The summed E-state index contributed by atoms with van der Waals surface area (Å²) in [5, 5.41) is 2.35. The van der Waals surface area contributed by atoms with Crippen molar-refractivity contribution in [3.63, 3.8) is 0 Å². The lowest BCUT2D eigenvalue weighted by Gasteiger charge is -2.33. The highest BCUT2D eigenvalue weighted by atomic mass is 35.5. The number of ether oxygens (including phenoxy) is 1. The van der Waals surface area contributed by atoms with Gasteiger partial charge in [0.1, 0.15) is 11.6 Å². The van der Waals surface area contributed by atoms with E-state index < -0.39 is 0 Å². The molecule has 3 nitrogen and oxygen atoms in total. The molecule has 1 unspecified atom stereocenters. The third-order valence-electron chi connectivity index (χ3n) is 3.99. The largest absolute Gasteiger partial charge is 0.497 e. The van der Waals surface area contributed by atoms with Crippen LogP contribution < -0.4 is 9.64 Å². The van der Waals surface area contributed by atoms with Crippen LogP contribution in [-0.4, -0.2) is 31.1 Å². The second-order valence-electron chi connectivity index (χ2n) is 5.33.